The molecule has 2 aliphatic carbocycles. The van der Waals surface area contributed by atoms with Crippen LogP contribution in [0.15, 0.2) is 48.7 Å². The molecule has 10 rings (SSSR count). The predicted octanol–water partition coefficient (Wildman–Crippen LogP) is 5.75. The van der Waals surface area contributed by atoms with Gasteiger partial charge < -0.3 is 14.5 Å². The number of nitrogens with zero attached hydrogens (tertiary/aromatic N) is 8. The van der Waals surface area contributed by atoms with E-state index < -0.39 is 27.1 Å². The SMILES string of the molecule is CC(Cc1ccc(F)c(Oc2ccc3ncc(C4CC5(CCN(C6CC7(C6)CN(c6cc8c(cc6F)c(N6CCC(=O)NC6=O)nn8C)C7)CC5)C4)nc3c2)c1C#N)S(N)(=O)=O. The van der Waals surface area contributed by atoms with Crippen molar-refractivity contribution in [2.45, 2.75) is 75.5 Å². The van der Waals surface area contributed by atoms with Crippen molar-refractivity contribution in [3.63, 3.8) is 0 Å². The summed E-state index contributed by atoms with van der Waals surface area (Å²) in [6, 6.07) is 12.8. The summed E-state index contributed by atoms with van der Waals surface area (Å²) in [6.45, 7) is 5.36. The quantitative estimate of drug-likeness (QED) is 0.183. The van der Waals surface area contributed by atoms with Crippen LogP contribution in [0.3, 0.4) is 0 Å². The number of hydrogen-bond acceptors (Lipinski definition) is 11. The van der Waals surface area contributed by atoms with Crippen molar-refractivity contribution < 1.29 is 31.5 Å². The molecular formula is C44H46F2N10O5S. The smallest absolute Gasteiger partial charge is 0.329 e. The Labute approximate surface area is 356 Å². The zero-order valence-electron chi connectivity index (χ0n) is 34.4. The first-order chi connectivity index (χ1) is 29.6. The number of nitriles is 1. The van der Waals surface area contributed by atoms with Gasteiger partial charge in [0.05, 0.1) is 33.2 Å². The number of primary sulfonamides is 1. The van der Waals surface area contributed by atoms with E-state index in [2.05, 4.69) is 25.2 Å². The molecule has 2 aromatic heterocycles. The van der Waals surface area contributed by atoms with Crippen LogP contribution in [0.25, 0.3) is 21.9 Å². The van der Waals surface area contributed by atoms with E-state index in [1.165, 1.54) is 24.0 Å². The standard InChI is InChI=1S/C44H46F2N10O5S/c1-25(62(48,59)60)13-26-3-5-32(45)40(31(26)21-47)61-29-4-6-34-35(14-29)50-36(22-49-34)27-17-43(18-27)8-11-54(12-9-43)28-19-44(20-28)23-55(24-44)38-16-37-30(15-33(38)46)41(52-53(37)2)56-10-7-39(57)51-42(56)58/h3-6,14-16,22,25,27-28H,7-13,17-20,23-24H2,1-2H3,(H2,48,59,60)(H,51,57,58). The molecule has 5 aliphatic rings. The number of halogens is 2. The number of ether oxygens (including phenoxy) is 1. The zero-order valence-corrected chi connectivity index (χ0v) is 35.2. The highest BCUT2D eigenvalue weighted by Crippen LogP contribution is 2.58. The molecule has 1 atom stereocenters. The van der Waals surface area contributed by atoms with Crippen LogP contribution in [0.1, 0.15) is 74.6 Å². The Hall–Kier alpha value is -5.77. The molecule has 0 bridgehead atoms. The Morgan fingerprint density at radius 1 is 1.00 bits per heavy atom. The number of fused-ring (bicyclic) bond motifs is 2. The number of hydrogen-bond donors (Lipinski definition) is 2. The van der Waals surface area contributed by atoms with Crippen molar-refractivity contribution in [2.75, 3.05) is 42.5 Å². The number of urea groups is 1. The van der Waals surface area contributed by atoms with E-state index in [1.807, 2.05) is 18.3 Å². The summed E-state index contributed by atoms with van der Waals surface area (Å²) in [4.78, 5) is 39.9. The second-order valence-corrected chi connectivity index (χ2v) is 20.2. The average molecular weight is 865 g/mol. The molecule has 62 heavy (non-hydrogen) atoms. The molecule has 0 radical (unpaired) electrons. The van der Waals surface area contributed by atoms with Gasteiger partial charge in [0.15, 0.2) is 17.4 Å². The number of sulfonamides is 1. The maximum absolute atomic E-state index is 15.6. The fraction of sp³-hybridized carbons (Fsp3) is 0.455. The number of imide groups is 1. The summed E-state index contributed by atoms with van der Waals surface area (Å²) >= 11 is 0. The van der Waals surface area contributed by atoms with Crippen LogP contribution in [0.2, 0.25) is 0 Å². The first kappa shape index (κ1) is 40.3. The number of aryl methyl sites for hydroxylation is 1. The van der Waals surface area contributed by atoms with Crippen LogP contribution in [0.4, 0.5) is 25.1 Å². The van der Waals surface area contributed by atoms with Crippen LogP contribution in [0, 0.1) is 33.8 Å². The molecule has 5 aromatic rings. The van der Waals surface area contributed by atoms with Crippen LogP contribution in [-0.2, 0) is 28.3 Å². The van der Waals surface area contributed by atoms with E-state index in [9.17, 15) is 23.3 Å². The minimum Gasteiger partial charge on any atom is -0.453 e. The fourth-order valence-corrected chi connectivity index (χ4v) is 11.0. The van der Waals surface area contributed by atoms with Crippen LogP contribution >= 0.6 is 0 Å². The van der Waals surface area contributed by atoms with Crippen molar-refractivity contribution in [2.24, 2.45) is 23.0 Å². The number of carbonyl (C=O) groups is 2. The minimum absolute atomic E-state index is 0.0686. The molecule has 3 saturated heterocycles. The highest BCUT2D eigenvalue weighted by atomic mass is 32.2. The van der Waals surface area contributed by atoms with Gasteiger partial charge >= 0.3 is 6.03 Å². The third-order valence-corrected chi connectivity index (χ3v) is 15.5. The van der Waals surface area contributed by atoms with E-state index in [0.29, 0.717) is 39.5 Å². The van der Waals surface area contributed by atoms with E-state index in [0.717, 1.165) is 82.0 Å². The Morgan fingerprint density at radius 3 is 2.47 bits per heavy atom. The Bertz CT molecular complexity index is 2830. The van der Waals surface area contributed by atoms with Crippen LogP contribution < -0.4 is 25.0 Å². The van der Waals surface area contributed by atoms with E-state index in [1.54, 1.807) is 29.9 Å². The number of benzene rings is 3. The number of anilines is 2. The maximum atomic E-state index is 15.6. The van der Waals surface area contributed by atoms with E-state index >= 15 is 8.78 Å². The second kappa shape index (κ2) is 14.7. The third kappa shape index (κ3) is 6.99. The number of nitrogens with one attached hydrogen (secondary N) is 1. The highest BCUT2D eigenvalue weighted by Gasteiger charge is 2.56. The lowest BCUT2D eigenvalue weighted by Gasteiger charge is -2.63. The summed E-state index contributed by atoms with van der Waals surface area (Å²) in [5.41, 5.74) is 4.15. The number of nitrogens with two attached hydrogens (primary N) is 1. The van der Waals surface area contributed by atoms with Crippen molar-refractivity contribution in [3.8, 4) is 17.6 Å². The van der Waals surface area contributed by atoms with Gasteiger partial charge in [-0.1, -0.05) is 6.07 Å². The van der Waals surface area contributed by atoms with Gasteiger partial charge in [0, 0.05) is 68.1 Å². The topological polar surface area (TPSA) is 193 Å². The fourth-order valence-electron chi connectivity index (χ4n) is 10.6. The summed E-state index contributed by atoms with van der Waals surface area (Å²) in [6.07, 6.45) is 8.49. The number of piperidine rings is 1. The molecule has 5 fully saturated rings. The van der Waals surface area contributed by atoms with Crippen molar-refractivity contribution in [1.82, 2.24) is 30.0 Å². The van der Waals surface area contributed by atoms with Crippen LogP contribution in [-0.4, -0.2) is 89.0 Å². The lowest BCUT2D eigenvalue weighted by Crippen LogP contribution is -2.67. The molecule has 3 amide bonds. The lowest BCUT2D eigenvalue weighted by molar-refractivity contribution is -0.120. The monoisotopic (exact) mass is 864 g/mol. The Kier molecular flexibility index (Phi) is 9.54. The minimum atomic E-state index is -3.86. The molecule has 5 heterocycles. The molecule has 15 nitrogen and oxygen atoms in total. The number of amides is 3. The molecule has 3 N–H and O–H groups in total. The third-order valence-electron chi connectivity index (χ3n) is 14.2. The molecular weight excluding hydrogens is 819 g/mol. The van der Waals surface area contributed by atoms with E-state index in [4.69, 9.17) is 14.9 Å². The van der Waals surface area contributed by atoms with Crippen molar-refractivity contribution >= 4 is 55.4 Å². The van der Waals surface area contributed by atoms with Gasteiger partial charge in [-0.05, 0) is 106 Å². The predicted molar refractivity (Wildman–Crippen MR) is 226 cm³/mol. The number of rotatable bonds is 9. The summed E-state index contributed by atoms with van der Waals surface area (Å²) in [5, 5.41) is 21.6. The van der Waals surface area contributed by atoms with Crippen molar-refractivity contribution in [1.29, 1.82) is 5.26 Å². The van der Waals surface area contributed by atoms with Gasteiger partial charge in [0.1, 0.15) is 23.2 Å². The Morgan fingerprint density at radius 2 is 1.76 bits per heavy atom. The van der Waals surface area contributed by atoms with Gasteiger partial charge in [0.2, 0.25) is 15.9 Å². The first-order valence-electron chi connectivity index (χ1n) is 21.0. The molecule has 18 heteroatoms. The average Bonchev–Trinajstić information content (AvgIpc) is 3.50. The molecule has 3 aromatic carbocycles. The summed E-state index contributed by atoms with van der Waals surface area (Å²) in [5.74, 6) is -0.808. The number of likely N-dealkylation sites (tertiary alicyclic amines) is 1. The van der Waals surface area contributed by atoms with Gasteiger partial charge in [-0.25, -0.2) is 32.1 Å². The van der Waals surface area contributed by atoms with E-state index in [-0.39, 0.29) is 64.9 Å². The van der Waals surface area contributed by atoms with Gasteiger partial charge in [-0.3, -0.25) is 24.7 Å². The second-order valence-electron chi connectivity index (χ2n) is 18.3. The number of carbonyl (C=O) groups excluding carboxylic acids is 2. The zero-order chi connectivity index (χ0) is 43.3. The van der Waals surface area contributed by atoms with Gasteiger partial charge in [0.25, 0.3) is 0 Å². The summed E-state index contributed by atoms with van der Waals surface area (Å²) < 4.78 is 62.0. The Balaban J connectivity index is 0.731. The number of aromatic nitrogens is 4. The highest BCUT2D eigenvalue weighted by molar-refractivity contribution is 7.89. The molecule has 2 spiro atoms. The van der Waals surface area contributed by atoms with Gasteiger partial charge in [-0.2, -0.15) is 10.4 Å². The molecule has 1 unspecified atom stereocenters. The summed E-state index contributed by atoms with van der Waals surface area (Å²) in [7, 11) is -2.09. The van der Waals surface area contributed by atoms with Gasteiger partial charge in [-0.15, -0.1) is 0 Å². The maximum Gasteiger partial charge on any atom is 0.329 e. The molecule has 2 saturated carbocycles. The molecule has 322 valence electrons. The molecule has 3 aliphatic heterocycles. The largest absolute Gasteiger partial charge is 0.453 e. The van der Waals surface area contributed by atoms with Crippen molar-refractivity contribution in [3.05, 3.63) is 77.1 Å². The van der Waals surface area contributed by atoms with Crippen LogP contribution in [0.5, 0.6) is 11.5 Å². The lowest BCUT2D eigenvalue weighted by atomic mass is 9.55. The first-order valence-corrected chi connectivity index (χ1v) is 22.7. The normalized spacial score (nSPS) is 21.7.